The second kappa shape index (κ2) is 5.08. The van der Waals surface area contributed by atoms with E-state index in [1.54, 1.807) is 6.92 Å². The van der Waals surface area contributed by atoms with E-state index in [4.69, 9.17) is 4.74 Å². The molecule has 1 aliphatic heterocycles. The van der Waals surface area contributed by atoms with Gasteiger partial charge in [-0.15, -0.1) is 0 Å². The lowest BCUT2D eigenvalue weighted by atomic mass is 10.1. The molecule has 1 aliphatic rings. The van der Waals surface area contributed by atoms with Crippen LogP contribution in [-0.4, -0.2) is 24.5 Å². The Balaban J connectivity index is 2.05. The molecule has 96 valence electrons. The van der Waals surface area contributed by atoms with Crippen LogP contribution in [0.4, 0.5) is 5.69 Å². The highest BCUT2D eigenvalue weighted by Crippen LogP contribution is 2.30. The average Bonchev–Trinajstić information content (AvgIpc) is 2.30. The molecule has 5 heteroatoms. The summed E-state index contributed by atoms with van der Waals surface area (Å²) in [5, 5.41) is 5.53. The van der Waals surface area contributed by atoms with Crippen molar-refractivity contribution in [2.75, 3.05) is 11.9 Å². The Kier molecular flexibility index (Phi) is 3.50. The highest BCUT2D eigenvalue weighted by molar-refractivity contribution is 5.97. The number of fused-ring (bicyclic) bond motifs is 1. The summed E-state index contributed by atoms with van der Waals surface area (Å²) < 4.78 is 5.46. The summed E-state index contributed by atoms with van der Waals surface area (Å²) in [6, 6.07) is 5.65. The Bertz CT molecular complexity index is 485. The molecule has 1 aromatic carbocycles. The van der Waals surface area contributed by atoms with E-state index in [2.05, 4.69) is 10.6 Å². The Morgan fingerprint density at radius 1 is 1.50 bits per heavy atom. The molecule has 0 bridgehead atoms. The van der Waals surface area contributed by atoms with Gasteiger partial charge in [0.1, 0.15) is 5.75 Å². The lowest BCUT2D eigenvalue weighted by molar-refractivity contribution is -0.122. The number of hydrogen-bond donors (Lipinski definition) is 2. The maximum absolute atomic E-state index is 11.5. The smallest absolute Gasteiger partial charge is 0.265 e. The summed E-state index contributed by atoms with van der Waals surface area (Å²) in [6.07, 6.45) is 0.265. The first-order valence-electron chi connectivity index (χ1n) is 5.91. The van der Waals surface area contributed by atoms with Gasteiger partial charge in [0.25, 0.3) is 5.91 Å². The number of nitrogens with one attached hydrogen (secondary N) is 2. The molecule has 0 fully saturated rings. The molecule has 0 aliphatic carbocycles. The highest BCUT2D eigenvalue weighted by Gasteiger charge is 2.23. The molecular formula is C13H16N2O3. The van der Waals surface area contributed by atoms with Crippen LogP contribution in [0.25, 0.3) is 0 Å². The van der Waals surface area contributed by atoms with Crippen molar-refractivity contribution in [3.8, 4) is 5.75 Å². The molecule has 0 saturated carbocycles. The average molecular weight is 248 g/mol. The predicted molar refractivity (Wildman–Crippen MR) is 67.5 cm³/mol. The summed E-state index contributed by atoms with van der Waals surface area (Å²) in [5.41, 5.74) is 1.74. The highest BCUT2D eigenvalue weighted by atomic mass is 16.5. The lowest BCUT2D eigenvalue weighted by Gasteiger charge is -2.23. The first kappa shape index (κ1) is 12.4. The Labute approximate surface area is 106 Å². The topological polar surface area (TPSA) is 67.4 Å². The van der Waals surface area contributed by atoms with Gasteiger partial charge in [-0.1, -0.05) is 6.07 Å². The van der Waals surface area contributed by atoms with Crippen molar-refractivity contribution in [2.45, 2.75) is 26.4 Å². The predicted octanol–water partition coefficient (Wildman–Crippen LogP) is 1.08. The maximum atomic E-state index is 11.5. The molecule has 1 unspecified atom stereocenters. The van der Waals surface area contributed by atoms with Crippen molar-refractivity contribution in [2.24, 2.45) is 0 Å². The second-order valence-electron chi connectivity index (χ2n) is 4.31. The number of rotatable bonds is 3. The number of ether oxygens (including phenoxy) is 1. The van der Waals surface area contributed by atoms with Gasteiger partial charge < -0.3 is 15.4 Å². The van der Waals surface area contributed by atoms with Crippen molar-refractivity contribution < 1.29 is 14.3 Å². The zero-order valence-electron chi connectivity index (χ0n) is 10.4. The molecule has 1 atom stereocenters. The molecule has 2 amide bonds. The van der Waals surface area contributed by atoms with Crippen molar-refractivity contribution >= 4 is 17.5 Å². The number of anilines is 1. The SMILES string of the molecule is CC(=O)NCCc1ccc2c(c1)NC(=O)C(C)O2. The fraction of sp³-hybridized carbons (Fsp3) is 0.385. The minimum atomic E-state index is -0.456. The third-order valence-corrected chi connectivity index (χ3v) is 2.76. The van der Waals surface area contributed by atoms with Crippen LogP contribution in [-0.2, 0) is 16.0 Å². The number of benzene rings is 1. The van der Waals surface area contributed by atoms with Crippen molar-refractivity contribution in [1.29, 1.82) is 0 Å². The number of hydrogen-bond acceptors (Lipinski definition) is 3. The van der Waals surface area contributed by atoms with Crippen LogP contribution in [0.3, 0.4) is 0 Å². The van der Waals surface area contributed by atoms with Gasteiger partial charge in [-0.2, -0.15) is 0 Å². The summed E-state index contributed by atoms with van der Waals surface area (Å²) in [5.74, 6) is 0.505. The second-order valence-corrected chi connectivity index (χ2v) is 4.31. The molecule has 0 radical (unpaired) electrons. The first-order valence-corrected chi connectivity index (χ1v) is 5.91. The molecule has 0 spiro atoms. The molecule has 0 aromatic heterocycles. The van der Waals surface area contributed by atoms with Crippen LogP contribution in [0.15, 0.2) is 18.2 Å². The van der Waals surface area contributed by atoms with Gasteiger partial charge in [0.2, 0.25) is 5.91 Å². The quantitative estimate of drug-likeness (QED) is 0.841. The van der Waals surface area contributed by atoms with Gasteiger partial charge in [-0.25, -0.2) is 0 Å². The fourth-order valence-corrected chi connectivity index (χ4v) is 1.79. The van der Waals surface area contributed by atoms with E-state index >= 15 is 0 Å². The van der Waals surface area contributed by atoms with Gasteiger partial charge in [0.15, 0.2) is 6.10 Å². The molecule has 2 N–H and O–H groups in total. The Morgan fingerprint density at radius 2 is 2.28 bits per heavy atom. The standard InChI is InChI=1S/C13H16N2O3/c1-8-13(17)15-11-7-10(3-4-12(11)18-8)5-6-14-9(2)16/h3-4,7-8H,5-6H2,1-2H3,(H,14,16)(H,15,17). The monoisotopic (exact) mass is 248 g/mol. The van der Waals surface area contributed by atoms with Crippen LogP contribution >= 0.6 is 0 Å². The van der Waals surface area contributed by atoms with E-state index in [1.165, 1.54) is 6.92 Å². The van der Waals surface area contributed by atoms with Crippen LogP contribution in [0.1, 0.15) is 19.4 Å². The zero-order valence-corrected chi connectivity index (χ0v) is 10.4. The van der Waals surface area contributed by atoms with Crippen LogP contribution < -0.4 is 15.4 Å². The van der Waals surface area contributed by atoms with Crippen LogP contribution in [0.5, 0.6) is 5.75 Å². The minimum Gasteiger partial charge on any atom is -0.479 e. The van der Waals surface area contributed by atoms with E-state index in [1.807, 2.05) is 18.2 Å². The number of carbonyl (C=O) groups is 2. The summed E-state index contributed by atoms with van der Waals surface area (Å²) >= 11 is 0. The number of amides is 2. The zero-order chi connectivity index (χ0) is 13.1. The van der Waals surface area contributed by atoms with Gasteiger partial charge >= 0.3 is 0 Å². The van der Waals surface area contributed by atoms with Crippen molar-refractivity contribution in [3.63, 3.8) is 0 Å². The maximum Gasteiger partial charge on any atom is 0.265 e. The first-order chi connectivity index (χ1) is 8.56. The van der Waals surface area contributed by atoms with E-state index in [-0.39, 0.29) is 11.8 Å². The van der Waals surface area contributed by atoms with Crippen LogP contribution in [0.2, 0.25) is 0 Å². The molecule has 1 heterocycles. The summed E-state index contributed by atoms with van der Waals surface area (Å²) in [7, 11) is 0. The van der Waals surface area contributed by atoms with Gasteiger partial charge in [0, 0.05) is 13.5 Å². The molecule has 0 saturated heterocycles. The van der Waals surface area contributed by atoms with E-state index in [0.717, 1.165) is 12.0 Å². The Morgan fingerprint density at radius 3 is 3.00 bits per heavy atom. The van der Waals surface area contributed by atoms with E-state index in [0.29, 0.717) is 18.0 Å². The third-order valence-electron chi connectivity index (χ3n) is 2.76. The van der Waals surface area contributed by atoms with Crippen molar-refractivity contribution in [1.82, 2.24) is 5.32 Å². The Hall–Kier alpha value is -2.04. The van der Waals surface area contributed by atoms with Crippen LogP contribution in [0, 0.1) is 0 Å². The third kappa shape index (κ3) is 2.80. The van der Waals surface area contributed by atoms with Crippen molar-refractivity contribution in [3.05, 3.63) is 23.8 Å². The molecule has 1 aromatic rings. The van der Waals surface area contributed by atoms with E-state index < -0.39 is 6.10 Å². The fourth-order valence-electron chi connectivity index (χ4n) is 1.79. The molecule has 5 nitrogen and oxygen atoms in total. The van der Waals surface area contributed by atoms with Gasteiger partial charge in [-0.05, 0) is 31.0 Å². The van der Waals surface area contributed by atoms with Gasteiger partial charge in [-0.3, -0.25) is 9.59 Å². The van der Waals surface area contributed by atoms with Gasteiger partial charge in [0.05, 0.1) is 5.69 Å². The lowest BCUT2D eigenvalue weighted by Crippen LogP contribution is -2.34. The molecular weight excluding hydrogens is 232 g/mol. The number of carbonyl (C=O) groups excluding carboxylic acids is 2. The van der Waals surface area contributed by atoms with E-state index in [9.17, 15) is 9.59 Å². The minimum absolute atomic E-state index is 0.0431. The summed E-state index contributed by atoms with van der Waals surface area (Å²) in [6.45, 7) is 3.78. The summed E-state index contributed by atoms with van der Waals surface area (Å²) in [4.78, 5) is 22.2. The molecule has 18 heavy (non-hydrogen) atoms. The normalized spacial score (nSPS) is 17.4. The molecule has 2 rings (SSSR count). The largest absolute Gasteiger partial charge is 0.479 e.